The van der Waals surface area contributed by atoms with E-state index in [1.165, 1.54) is 0 Å². The molecule has 2 aromatic rings. The highest BCUT2D eigenvalue weighted by molar-refractivity contribution is 6.30. The van der Waals surface area contributed by atoms with Crippen molar-refractivity contribution in [1.29, 1.82) is 0 Å². The molecule has 24 heavy (non-hydrogen) atoms. The molecule has 5 nitrogen and oxygen atoms in total. The van der Waals surface area contributed by atoms with E-state index >= 15 is 0 Å². The Balaban J connectivity index is 1.71. The maximum Gasteiger partial charge on any atom is 0.279 e. The van der Waals surface area contributed by atoms with Crippen LogP contribution in [0, 0.1) is 0 Å². The van der Waals surface area contributed by atoms with Gasteiger partial charge in [0.1, 0.15) is 0 Å². The van der Waals surface area contributed by atoms with Crippen LogP contribution in [-0.4, -0.2) is 32.0 Å². The summed E-state index contributed by atoms with van der Waals surface area (Å²) in [4.78, 5) is 24.7. The highest BCUT2D eigenvalue weighted by atomic mass is 35.5. The van der Waals surface area contributed by atoms with Gasteiger partial charge in [-0.1, -0.05) is 41.9 Å². The second-order valence-electron chi connectivity index (χ2n) is 5.63. The van der Waals surface area contributed by atoms with Crippen molar-refractivity contribution in [1.82, 2.24) is 5.32 Å². The fourth-order valence-corrected chi connectivity index (χ4v) is 2.33. The average Bonchev–Trinajstić information content (AvgIpc) is 2.56. The van der Waals surface area contributed by atoms with E-state index in [1.54, 1.807) is 24.3 Å². The third-order valence-electron chi connectivity index (χ3n) is 3.39. The van der Waals surface area contributed by atoms with Crippen LogP contribution in [0.5, 0.6) is 0 Å². The first-order valence-electron chi connectivity index (χ1n) is 7.70. The fraction of sp³-hybridized carbons (Fsp3) is 0.222. The number of anilines is 1. The molecule has 2 aromatic carbocycles. The van der Waals surface area contributed by atoms with E-state index in [2.05, 4.69) is 10.6 Å². The number of hydrogen-bond acceptors (Lipinski definition) is 2. The van der Waals surface area contributed by atoms with Crippen LogP contribution >= 0.6 is 11.6 Å². The van der Waals surface area contributed by atoms with Gasteiger partial charge in [0.05, 0.1) is 7.05 Å². The zero-order chi connectivity index (χ0) is 17.4. The van der Waals surface area contributed by atoms with Crippen molar-refractivity contribution < 1.29 is 14.5 Å². The van der Waals surface area contributed by atoms with E-state index in [-0.39, 0.29) is 24.9 Å². The molecule has 126 valence electrons. The van der Waals surface area contributed by atoms with Crippen molar-refractivity contribution in [2.24, 2.45) is 0 Å². The summed E-state index contributed by atoms with van der Waals surface area (Å²) < 4.78 is 0. The Bertz CT molecular complexity index is 674. The van der Waals surface area contributed by atoms with Crippen LogP contribution in [0.1, 0.15) is 5.56 Å². The lowest BCUT2D eigenvalue weighted by Gasteiger charge is -2.14. The standard InChI is InChI=1S/C18H20ClN3O2/c1-22(12-17(23)20-11-14-5-3-2-4-6-14)13-18(24)21-16-9-7-15(19)8-10-16/h2-10H,11-13H2,1H3,(H,20,23)(H,21,24)/p+1. The van der Waals surface area contributed by atoms with Crippen molar-refractivity contribution in [3.8, 4) is 0 Å². The summed E-state index contributed by atoms with van der Waals surface area (Å²) in [6.45, 7) is 0.937. The summed E-state index contributed by atoms with van der Waals surface area (Å²) in [7, 11) is 1.81. The minimum absolute atomic E-state index is 0.0874. The van der Waals surface area contributed by atoms with Gasteiger partial charge in [-0.05, 0) is 29.8 Å². The minimum atomic E-state index is -0.148. The first kappa shape index (κ1) is 18.0. The molecule has 1 atom stereocenters. The predicted octanol–water partition coefficient (Wildman–Crippen LogP) is 1.11. The Morgan fingerprint density at radius 3 is 2.25 bits per heavy atom. The summed E-state index contributed by atoms with van der Waals surface area (Å²) in [5.41, 5.74) is 1.73. The molecule has 0 aliphatic carbocycles. The van der Waals surface area contributed by atoms with Crippen LogP contribution in [0.25, 0.3) is 0 Å². The molecule has 2 amide bonds. The van der Waals surface area contributed by atoms with Crippen LogP contribution in [-0.2, 0) is 16.1 Å². The first-order chi connectivity index (χ1) is 11.5. The molecule has 0 heterocycles. The van der Waals surface area contributed by atoms with Crippen LogP contribution in [0.3, 0.4) is 0 Å². The molecule has 0 bridgehead atoms. The molecule has 6 heteroatoms. The number of nitrogens with one attached hydrogen (secondary N) is 3. The third kappa shape index (κ3) is 6.40. The average molecular weight is 347 g/mol. The topological polar surface area (TPSA) is 62.6 Å². The molecule has 0 radical (unpaired) electrons. The molecule has 2 rings (SSSR count). The van der Waals surface area contributed by atoms with Gasteiger partial charge in [-0.3, -0.25) is 9.59 Å². The van der Waals surface area contributed by atoms with Crippen molar-refractivity contribution in [2.75, 3.05) is 25.5 Å². The maximum absolute atomic E-state index is 12.0. The highest BCUT2D eigenvalue weighted by Gasteiger charge is 2.14. The Kier molecular flexibility index (Phi) is 6.78. The molecule has 0 aliphatic heterocycles. The molecule has 0 fully saturated rings. The highest BCUT2D eigenvalue weighted by Crippen LogP contribution is 2.12. The van der Waals surface area contributed by atoms with Crippen molar-refractivity contribution in [3.05, 3.63) is 65.2 Å². The first-order valence-corrected chi connectivity index (χ1v) is 8.08. The van der Waals surface area contributed by atoms with Crippen LogP contribution in [0.15, 0.2) is 54.6 Å². The normalized spacial score (nSPS) is 11.6. The molecular formula is C18H21ClN3O2+. The number of benzene rings is 2. The Hall–Kier alpha value is -2.37. The van der Waals surface area contributed by atoms with Crippen LogP contribution < -0.4 is 15.5 Å². The van der Waals surface area contributed by atoms with E-state index in [0.29, 0.717) is 17.3 Å². The van der Waals surface area contributed by atoms with Gasteiger partial charge in [0, 0.05) is 17.3 Å². The van der Waals surface area contributed by atoms with Gasteiger partial charge in [0.15, 0.2) is 13.1 Å². The Morgan fingerprint density at radius 2 is 1.58 bits per heavy atom. The number of carbonyl (C=O) groups is 2. The smallest absolute Gasteiger partial charge is 0.279 e. The number of likely N-dealkylation sites (N-methyl/N-ethyl adjacent to an activating group) is 1. The van der Waals surface area contributed by atoms with Crippen LogP contribution in [0.4, 0.5) is 5.69 Å². The van der Waals surface area contributed by atoms with E-state index in [1.807, 2.05) is 37.4 Å². The van der Waals surface area contributed by atoms with Crippen LogP contribution in [0.2, 0.25) is 5.02 Å². The number of hydrogen-bond donors (Lipinski definition) is 3. The summed E-state index contributed by atoms with van der Waals surface area (Å²) in [6, 6.07) is 16.6. The summed E-state index contributed by atoms with van der Waals surface area (Å²) >= 11 is 5.80. The molecule has 0 aliphatic rings. The number of halogens is 1. The van der Waals surface area contributed by atoms with Gasteiger partial charge in [0.2, 0.25) is 0 Å². The molecule has 3 N–H and O–H groups in total. The summed E-state index contributed by atoms with van der Waals surface area (Å²) in [6.07, 6.45) is 0. The zero-order valence-corrected chi connectivity index (χ0v) is 14.3. The fourth-order valence-electron chi connectivity index (χ4n) is 2.21. The van der Waals surface area contributed by atoms with Gasteiger partial charge < -0.3 is 15.5 Å². The SMILES string of the molecule is C[NH+](CC(=O)NCc1ccccc1)CC(=O)Nc1ccc(Cl)cc1. The van der Waals surface area contributed by atoms with Gasteiger partial charge in [-0.25, -0.2) is 0 Å². The van der Waals surface area contributed by atoms with E-state index < -0.39 is 0 Å². The van der Waals surface area contributed by atoms with Crippen molar-refractivity contribution in [2.45, 2.75) is 6.54 Å². The second kappa shape index (κ2) is 9.05. The van der Waals surface area contributed by atoms with Crippen molar-refractivity contribution in [3.63, 3.8) is 0 Å². The van der Waals surface area contributed by atoms with Crippen molar-refractivity contribution >= 4 is 29.1 Å². The lowest BCUT2D eigenvalue weighted by Crippen LogP contribution is -3.11. The Labute approximate surface area is 146 Å². The lowest BCUT2D eigenvalue weighted by molar-refractivity contribution is -0.862. The molecule has 1 unspecified atom stereocenters. The Morgan fingerprint density at radius 1 is 0.958 bits per heavy atom. The summed E-state index contributed by atoms with van der Waals surface area (Å²) in [5, 5.41) is 6.25. The quantitative estimate of drug-likeness (QED) is 0.703. The zero-order valence-electron chi connectivity index (χ0n) is 13.5. The molecular weight excluding hydrogens is 326 g/mol. The molecule has 0 aromatic heterocycles. The van der Waals surface area contributed by atoms with Gasteiger partial charge >= 0.3 is 0 Å². The number of rotatable bonds is 7. The molecule has 0 spiro atoms. The number of amides is 2. The van der Waals surface area contributed by atoms with Gasteiger partial charge in [-0.2, -0.15) is 0 Å². The van der Waals surface area contributed by atoms with E-state index in [9.17, 15) is 9.59 Å². The van der Waals surface area contributed by atoms with Gasteiger partial charge in [0.25, 0.3) is 11.8 Å². The molecule has 0 saturated heterocycles. The monoisotopic (exact) mass is 346 g/mol. The third-order valence-corrected chi connectivity index (χ3v) is 3.64. The summed E-state index contributed by atoms with van der Waals surface area (Å²) in [5.74, 6) is -0.235. The van der Waals surface area contributed by atoms with Gasteiger partial charge in [-0.15, -0.1) is 0 Å². The minimum Gasteiger partial charge on any atom is -0.347 e. The second-order valence-corrected chi connectivity index (χ2v) is 6.06. The van der Waals surface area contributed by atoms with E-state index in [0.717, 1.165) is 10.5 Å². The molecule has 0 saturated carbocycles. The number of quaternary nitrogens is 1. The van der Waals surface area contributed by atoms with E-state index in [4.69, 9.17) is 11.6 Å². The predicted molar refractivity (Wildman–Crippen MR) is 95.0 cm³/mol. The number of carbonyl (C=O) groups excluding carboxylic acids is 2. The maximum atomic E-state index is 12.0. The largest absolute Gasteiger partial charge is 0.347 e. The lowest BCUT2D eigenvalue weighted by atomic mass is 10.2.